The molecule has 0 aromatic rings. The number of methoxy groups -OCH3 is 1. The van der Waals surface area contributed by atoms with Gasteiger partial charge in [-0.25, -0.2) is 4.57 Å². The average Bonchev–Trinajstić information content (AvgIpc) is 2.86. The van der Waals surface area contributed by atoms with Crippen LogP contribution >= 0.6 is 7.82 Å². The van der Waals surface area contributed by atoms with Crippen molar-refractivity contribution < 1.29 is 32.5 Å². The highest BCUT2D eigenvalue weighted by Gasteiger charge is 2.27. The summed E-state index contributed by atoms with van der Waals surface area (Å²) >= 11 is 0. The second kappa shape index (κ2) is 26.6. The third kappa shape index (κ3) is 30.5. The monoisotopic (exact) mass is 578 g/mol. The van der Waals surface area contributed by atoms with E-state index in [0.29, 0.717) is 17.6 Å². The van der Waals surface area contributed by atoms with Gasteiger partial charge < -0.3 is 18.9 Å². The summed E-state index contributed by atoms with van der Waals surface area (Å²) in [5.74, 6) is 0. The molecule has 8 heteroatoms. The van der Waals surface area contributed by atoms with Gasteiger partial charge in [-0.2, -0.15) is 0 Å². The first-order valence-corrected chi connectivity index (χ1v) is 17.4. The number of quaternary nitrogens is 1. The first-order valence-electron chi connectivity index (χ1n) is 15.9. The quantitative estimate of drug-likeness (QED) is 0.0399. The molecule has 0 aliphatic rings. The molecule has 39 heavy (non-hydrogen) atoms. The zero-order valence-corrected chi connectivity index (χ0v) is 27.3. The van der Waals surface area contributed by atoms with Crippen LogP contribution in [0.2, 0.25) is 0 Å². The molecule has 234 valence electrons. The molecule has 0 aliphatic carbocycles. The predicted molar refractivity (Wildman–Crippen MR) is 164 cm³/mol. The molecule has 2 atom stereocenters. The van der Waals surface area contributed by atoms with Crippen LogP contribution in [0.5, 0.6) is 0 Å². The van der Waals surface area contributed by atoms with Gasteiger partial charge in [-0.3, -0.25) is 9.05 Å². The number of allylic oxidation sites excluding steroid dienone is 2. The van der Waals surface area contributed by atoms with Crippen LogP contribution in [0, 0.1) is 0 Å². The summed E-state index contributed by atoms with van der Waals surface area (Å²) in [5, 5.41) is 0. The Hall–Kier alpha value is -0.270. The van der Waals surface area contributed by atoms with Crippen molar-refractivity contribution in [3.8, 4) is 0 Å². The molecule has 1 unspecified atom stereocenters. The van der Waals surface area contributed by atoms with Gasteiger partial charge in [0.2, 0.25) is 0 Å². The lowest BCUT2D eigenvalue weighted by Gasteiger charge is -2.25. The lowest BCUT2D eigenvalue weighted by Crippen LogP contribution is -2.37. The van der Waals surface area contributed by atoms with Crippen LogP contribution in [0.1, 0.15) is 122 Å². The van der Waals surface area contributed by atoms with Crippen molar-refractivity contribution in [3.63, 3.8) is 0 Å². The molecule has 0 amide bonds. The number of likely N-dealkylation sites (N-methyl/N-ethyl adjacent to an activating group) is 1. The Morgan fingerprint density at radius 1 is 0.718 bits per heavy atom. The minimum Gasteiger partial charge on any atom is -0.382 e. The maximum absolute atomic E-state index is 12.2. The predicted octanol–water partition coefficient (Wildman–Crippen LogP) is 8.46. The van der Waals surface area contributed by atoms with Crippen LogP contribution in [0.25, 0.3) is 0 Å². The topological polar surface area (TPSA) is 74.2 Å². The van der Waals surface area contributed by atoms with Crippen LogP contribution in [0.4, 0.5) is 0 Å². The van der Waals surface area contributed by atoms with E-state index in [1.165, 1.54) is 110 Å². The Labute approximate surface area is 242 Å². The van der Waals surface area contributed by atoms with Gasteiger partial charge in [-0.05, 0) is 32.1 Å². The third-order valence-corrected chi connectivity index (χ3v) is 7.83. The Bertz CT molecular complexity index is 596. The number of ether oxygens (including phenoxy) is 2. The van der Waals surface area contributed by atoms with Gasteiger partial charge in [0.15, 0.2) is 0 Å². The van der Waals surface area contributed by atoms with Gasteiger partial charge >= 0.3 is 7.82 Å². The molecule has 0 radical (unpaired) electrons. The maximum atomic E-state index is 12.2. The zero-order valence-electron chi connectivity index (χ0n) is 26.4. The number of hydrogen-bond donors (Lipinski definition) is 1. The number of unbranched alkanes of at least 4 members (excludes halogenated alkanes) is 16. The molecule has 0 bridgehead atoms. The molecule has 0 aliphatic heterocycles. The van der Waals surface area contributed by atoms with Crippen molar-refractivity contribution in [2.45, 2.75) is 129 Å². The van der Waals surface area contributed by atoms with Crippen molar-refractivity contribution in [2.75, 3.05) is 61.2 Å². The molecule has 0 spiro atoms. The summed E-state index contributed by atoms with van der Waals surface area (Å²) in [6.07, 6.45) is 27.8. The van der Waals surface area contributed by atoms with E-state index in [4.69, 9.17) is 18.5 Å². The largest absolute Gasteiger partial charge is 0.472 e. The summed E-state index contributed by atoms with van der Waals surface area (Å²) in [6, 6.07) is 0. The first-order chi connectivity index (χ1) is 18.7. The van der Waals surface area contributed by atoms with E-state index in [1.54, 1.807) is 0 Å². The molecule has 7 nitrogen and oxygen atoms in total. The summed E-state index contributed by atoms with van der Waals surface area (Å²) in [5.41, 5.74) is 0. The third-order valence-electron chi connectivity index (χ3n) is 6.76. The summed E-state index contributed by atoms with van der Waals surface area (Å²) in [4.78, 5) is 9.98. The van der Waals surface area contributed by atoms with Gasteiger partial charge in [-0.1, -0.05) is 103 Å². The second-order valence-electron chi connectivity index (χ2n) is 11.9. The lowest BCUT2D eigenvalue weighted by atomic mass is 10.1. The summed E-state index contributed by atoms with van der Waals surface area (Å²) in [6.45, 7) is 4.04. The normalized spacial score (nSPS) is 14.7. The highest BCUT2D eigenvalue weighted by Crippen LogP contribution is 2.44. The van der Waals surface area contributed by atoms with E-state index in [1.807, 2.05) is 21.1 Å². The van der Waals surface area contributed by atoms with Crippen molar-refractivity contribution in [1.82, 2.24) is 0 Å². The first kappa shape index (κ1) is 38.7. The molecule has 0 fully saturated rings. The molecule has 0 saturated carbocycles. The standard InChI is InChI=1S/C31H64NO6P/c1-6-7-8-9-10-11-12-13-14-15-16-17-18-19-20-21-22-23-24-25-27-36-30-31(29-35-5)38-39(33,34)37-28-26-32(2,3)4/h16-17,31H,6-15,18-30H2,1-5H3/p+1/b17-16-/t31-/m0/s1. The van der Waals surface area contributed by atoms with Crippen LogP contribution in [0.15, 0.2) is 12.2 Å². The van der Waals surface area contributed by atoms with E-state index in [2.05, 4.69) is 19.1 Å². The fourth-order valence-electron chi connectivity index (χ4n) is 4.32. The minimum atomic E-state index is -4.14. The number of rotatable bonds is 30. The average molecular weight is 579 g/mol. The fourth-order valence-corrected chi connectivity index (χ4v) is 5.19. The Morgan fingerprint density at radius 3 is 1.69 bits per heavy atom. The SMILES string of the molecule is CCCCCCCCCCC/C=C\CCCCCCCCCOC[C@H](COC)OP(=O)(O)OCC[N+](C)(C)C. The van der Waals surface area contributed by atoms with Crippen molar-refractivity contribution >= 4 is 7.82 Å². The molecular formula is C31H65NO6P+. The van der Waals surface area contributed by atoms with Gasteiger partial charge in [0, 0.05) is 13.7 Å². The highest BCUT2D eigenvalue weighted by atomic mass is 31.2. The van der Waals surface area contributed by atoms with E-state index < -0.39 is 13.9 Å². The Balaban J connectivity index is 3.57. The van der Waals surface area contributed by atoms with E-state index in [-0.39, 0.29) is 19.8 Å². The van der Waals surface area contributed by atoms with Crippen molar-refractivity contribution in [3.05, 3.63) is 12.2 Å². The summed E-state index contributed by atoms with van der Waals surface area (Å²) in [7, 11) is 3.38. The molecule has 0 aromatic carbocycles. The van der Waals surface area contributed by atoms with E-state index in [0.717, 1.165) is 12.8 Å². The maximum Gasteiger partial charge on any atom is 0.472 e. The number of phosphoric acid groups is 1. The molecule has 0 saturated heterocycles. The molecule has 1 N–H and O–H groups in total. The number of phosphoric ester groups is 1. The smallest absolute Gasteiger partial charge is 0.382 e. The van der Waals surface area contributed by atoms with Crippen LogP contribution in [0.3, 0.4) is 0 Å². The Kier molecular flexibility index (Phi) is 26.4. The van der Waals surface area contributed by atoms with Gasteiger partial charge in [-0.15, -0.1) is 0 Å². The van der Waals surface area contributed by atoms with Gasteiger partial charge in [0.1, 0.15) is 19.3 Å². The highest BCUT2D eigenvalue weighted by molar-refractivity contribution is 7.47. The Morgan fingerprint density at radius 2 is 1.21 bits per heavy atom. The molecule has 0 aromatic heterocycles. The van der Waals surface area contributed by atoms with Crippen molar-refractivity contribution in [2.24, 2.45) is 0 Å². The van der Waals surface area contributed by atoms with Gasteiger partial charge in [0.25, 0.3) is 0 Å². The van der Waals surface area contributed by atoms with Crippen LogP contribution < -0.4 is 0 Å². The zero-order chi connectivity index (χ0) is 29.1. The summed E-state index contributed by atoms with van der Waals surface area (Å²) < 4.78 is 34.0. The second-order valence-corrected chi connectivity index (χ2v) is 13.3. The van der Waals surface area contributed by atoms with E-state index >= 15 is 0 Å². The molecule has 0 rings (SSSR count). The molecule has 0 heterocycles. The van der Waals surface area contributed by atoms with Crippen LogP contribution in [-0.4, -0.2) is 76.7 Å². The van der Waals surface area contributed by atoms with Gasteiger partial charge in [0.05, 0.1) is 34.4 Å². The van der Waals surface area contributed by atoms with Crippen LogP contribution in [-0.2, 0) is 23.1 Å². The molecular weight excluding hydrogens is 513 g/mol. The van der Waals surface area contributed by atoms with Crippen molar-refractivity contribution in [1.29, 1.82) is 0 Å². The minimum absolute atomic E-state index is 0.147. The number of hydrogen-bond acceptors (Lipinski definition) is 5. The fraction of sp³-hybridized carbons (Fsp3) is 0.935. The lowest BCUT2D eigenvalue weighted by molar-refractivity contribution is -0.870. The number of nitrogens with zero attached hydrogens (tertiary/aromatic N) is 1. The van der Waals surface area contributed by atoms with E-state index in [9.17, 15) is 9.46 Å².